The highest BCUT2D eigenvalue weighted by atomic mass is 32.1. The van der Waals surface area contributed by atoms with Gasteiger partial charge in [-0.15, -0.1) is 0 Å². The molecule has 2 heterocycles. The standard InChI is InChI=1S/C14H22N2O2S/c1-4-10(3)11-12(13(17)18)19-14(15-11)16-7-5-9(2)6-8-16/h9-10H,4-8H2,1-3H3,(H,17,18). The lowest BCUT2D eigenvalue weighted by atomic mass is 10.00. The van der Waals surface area contributed by atoms with Crippen LogP contribution in [0.4, 0.5) is 5.13 Å². The van der Waals surface area contributed by atoms with E-state index in [1.54, 1.807) is 0 Å². The average molecular weight is 282 g/mol. The lowest BCUT2D eigenvalue weighted by Gasteiger charge is -2.29. The number of hydrogen-bond acceptors (Lipinski definition) is 4. The number of carboxylic acid groups (broad SMARTS) is 1. The fourth-order valence-electron chi connectivity index (χ4n) is 2.34. The molecule has 1 unspecified atom stereocenters. The van der Waals surface area contributed by atoms with E-state index in [0.29, 0.717) is 4.88 Å². The molecule has 1 aromatic heterocycles. The predicted molar refractivity (Wildman–Crippen MR) is 78.4 cm³/mol. The van der Waals surface area contributed by atoms with Gasteiger partial charge >= 0.3 is 5.97 Å². The molecule has 1 fully saturated rings. The molecule has 0 bridgehead atoms. The van der Waals surface area contributed by atoms with Crippen LogP contribution in [0.1, 0.15) is 61.3 Å². The van der Waals surface area contributed by atoms with Gasteiger partial charge in [-0.1, -0.05) is 32.1 Å². The molecule has 1 saturated heterocycles. The number of aromatic carboxylic acids is 1. The molecule has 4 nitrogen and oxygen atoms in total. The molecular weight excluding hydrogens is 260 g/mol. The van der Waals surface area contributed by atoms with Gasteiger partial charge in [-0.2, -0.15) is 0 Å². The van der Waals surface area contributed by atoms with Crippen LogP contribution in [0, 0.1) is 5.92 Å². The number of aromatic nitrogens is 1. The van der Waals surface area contributed by atoms with Crippen molar-refractivity contribution in [2.75, 3.05) is 18.0 Å². The van der Waals surface area contributed by atoms with E-state index in [0.717, 1.165) is 36.3 Å². The highest BCUT2D eigenvalue weighted by molar-refractivity contribution is 7.17. The van der Waals surface area contributed by atoms with Crippen LogP contribution in [0.3, 0.4) is 0 Å². The second kappa shape index (κ2) is 5.90. The van der Waals surface area contributed by atoms with Crippen molar-refractivity contribution in [2.45, 2.75) is 46.0 Å². The van der Waals surface area contributed by atoms with E-state index >= 15 is 0 Å². The van der Waals surface area contributed by atoms with Gasteiger partial charge in [0.2, 0.25) is 0 Å². The summed E-state index contributed by atoms with van der Waals surface area (Å²) in [5, 5.41) is 10.2. The summed E-state index contributed by atoms with van der Waals surface area (Å²) < 4.78 is 0. The molecule has 1 aliphatic rings. The summed E-state index contributed by atoms with van der Waals surface area (Å²) >= 11 is 1.33. The van der Waals surface area contributed by atoms with Gasteiger partial charge in [0, 0.05) is 13.1 Å². The van der Waals surface area contributed by atoms with Crippen LogP contribution in [-0.4, -0.2) is 29.1 Å². The van der Waals surface area contributed by atoms with Crippen molar-refractivity contribution in [2.24, 2.45) is 5.92 Å². The number of anilines is 1. The van der Waals surface area contributed by atoms with Gasteiger partial charge in [0.1, 0.15) is 4.88 Å². The zero-order valence-corrected chi connectivity index (χ0v) is 12.7. The van der Waals surface area contributed by atoms with Crippen molar-refractivity contribution in [1.29, 1.82) is 0 Å². The fourth-order valence-corrected chi connectivity index (χ4v) is 3.41. The molecule has 1 aliphatic heterocycles. The first-order valence-electron chi connectivity index (χ1n) is 7.01. The molecule has 19 heavy (non-hydrogen) atoms. The molecule has 0 saturated carbocycles. The first-order chi connectivity index (χ1) is 9.02. The third kappa shape index (κ3) is 3.08. The van der Waals surface area contributed by atoms with E-state index < -0.39 is 5.97 Å². The lowest BCUT2D eigenvalue weighted by molar-refractivity contribution is 0.0700. The summed E-state index contributed by atoms with van der Waals surface area (Å²) in [6.45, 7) is 8.37. The third-order valence-corrected chi connectivity index (χ3v) is 5.09. The van der Waals surface area contributed by atoms with Gasteiger partial charge < -0.3 is 10.0 Å². The predicted octanol–water partition coefficient (Wildman–Crippen LogP) is 3.59. The number of piperidine rings is 1. The van der Waals surface area contributed by atoms with Crippen LogP contribution in [0.15, 0.2) is 0 Å². The van der Waals surface area contributed by atoms with Crippen LogP contribution < -0.4 is 4.90 Å². The number of rotatable bonds is 4. The molecule has 0 amide bonds. The van der Waals surface area contributed by atoms with Crippen molar-refractivity contribution in [1.82, 2.24) is 4.98 Å². The monoisotopic (exact) mass is 282 g/mol. The molecule has 1 N–H and O–H groups in total. The Morgan fingerprint density at radius 3 is 2.68 bits per heavy atom. The second-order valence-corrected chi connectivity index (χ2v) is 6.47. The van der Waals surface area contributed by atoms with Crippen LogP contribution in [0.5, 0.6) is 0 Å². The van der Waals surface area contributed by atoms with Gasteiger partial charge in [0.05, 0.1) is 5.69 Å². The Hall–Kier alpha value is -1.10. The minimum atomic E-state index is -0.843. The molecule has 2 rings (SSSR count). The number of carbonyl (C=O) groups is 1. The molecule has 5 heteroatoms. The summed E-state index contributed by atoms with van der Waals surface area (Å²) in [6.07, 6.45) is 3.25. The van der Waals surface area contributed by atoms with E-state index in [4.69, 9.17) is 0 Å². The number of hydrogen-bond donors (Lipinski definition) is 1. The highest BCUT2D eigenvalue weighted by Gasteiger charge is 2.25. The van der Waals surface area contributed by atoms with Crippen LogP contribution in [0.2, 0.25) is 0 Å². The van der Waals surface area contributed by atoms with Crippen LogP contribution >= 0.6 is 11.3 Å². The normalized spacial score (nSPS) is 18.6. The molecular formula is C14H22N2O2S. The van der Waals surface area contributed by atoms with Crippen molar-refractivity contribution in [3.8, 4) is 0 Å². The minimum absolute atomic E-state index is 0.208. The average Bonchev–Trinajstić information content (AvgIpc) is 2.84. The molecule has 1 atom stereocenters. The number of nitrogens with zero attached hydrogens (tertiary/aromatic N) is 2. The summed E-state index contributed by atoms with van der Waals surface area (Å²) in [4.78, 5) is 18.6. The largest absolute Gasteiger partial charge is 0.477 e. The quantitative estimate of drug-likeness (QED) is 0.917. The van der Waals surface area contributed by atoms with Crippen molar-refractivity contribution < 1.29 is 9.90 Å². The lowest BCUT2D eigenvalue weighted by Crippen LogP contribution is -2.32. The first kappa shape index (κ1) is 14.3. The molecule has 0 aliphatic carbocycles. The summed E-state index contributed by atoms with van der Waals surface area (Å²) in [5.41, 5.74) is 0.758. The van der Waals surface area contributed by atoms with Crippen molar-refractivity contribution in [3.05, 3.63) is 10.6 Å². The molecule has 0 aromatic carbocycles. The van der Waals surface area contributed by atoms with Gasteiger partial charge in [0.15, 0.2) is 5.13 Å². The Bertz CT molecular complexity index is 450. The molecule has 0 spiro atoms. The van der Waals surface area contributed by atoms with Crippen molar-refractivity contribution >= 4 is 22.4 Å². The van der Waals surface area contributed by atoms with Crippen LogP contribution in [-0.2, 0) is 0 Å². The molecule has 1 aromatic rings. The molecule has 106 valence electrons. The van der Waals surface area contributed by atoms with E-state index in [9.17, 15) is 9.90 Å². The Labute approximate surface area is 118 Å². The Morgan fingerprint density at radius 1 is 1.53 bits per heavy atom. The van der Waals surface area contributed by atoms with Gasteiger partial charge in [0.25, 0.3) is 0 Å². The second-order valence-electron chi connectivity index (χ2n) is 5.49. The van der Waals surface area contributed by atoms with E-state index in [1.165, 1.54) is 24.2 Å². The van der Waals surface area contributed by atoms with Crippen LogP contribution in [0.25, 0.3) is 0 Å². The maximum absolute atomic E-state index is 11.3. The minimum Gasteiger partial charge on any atom is -0.477 e. The van der Waals surface area contributed by atoms with E-state index in [-0.39, 0.29) is 5.92 Å². The van der Waals surface area contributed by atoms with Crippen molar-refractivity contribution in [3.63, 3.8) is 0 Å². The number of thiazole rings is 1. The maximum Gasteiger partial charge on any atom is 0.347 e. The number of carboxylic acids is 1. The van der Waals surface area contributed by atoms with E-state index in [1.807, 2.05) is 6.92 Å². The Balaban J connectivity index is 2.24. The summed E-state index contributed by atoms with van der Waals surface area (Å²) in [6, 6.07) is 0. The zero-order valence-electron chi connectivity index (χ0n) is 11.8. The maximum atomic E-state index is 11.3. The summed E-state index contributed by atoms with van der Waals surface area (Å²) in [7, 11) is 0. The summed E-state index contributed by atoms with van der Waals surface area (Å²) in [5.74, 6) is 0.133. The SMILES string of the molecule is CCC(C)c1nc(N2CCC(C)CC2)sc1C(=O)O. The highest BCUT2D eigenvalue weighted by Crippen LogP contribution is 2.33. The first-order valence-corrected chi connectivity index (χ1v) is 7.83. The Kier molecular flexibility index (Phi) is 4.45. The topological polar surface area (TPSA) is 53.4 Å². The van der Waals surface area contributed by atoms with E-state index in [2.05, 4.69) is 23.7 Å². The fraction of sp³-hybridized carbons (Fsp3) is 0.714. The Morgan fingerprint density at radius 2 is 2.16 bits per heavy atom. The zero-order chi connectivity index (χ0) is 14.0. The third-order valence-electron chi connectivity index (χ3n) is 3.97. The molecule has 0 radical (unpaired) electrons. The van der Waals surface area contributed by atoms with Gasteiger partial charge in [-0.3, -0.25) is 0 Å². The van der Waals surface area contributed by atoms with Gasteiger partial charge in [-0.25, -0.2) is 9.78 Å². The van der Waals surface area contributed by atoms with Gasteiger partial charge in [-0.05, 0) is 31.1 Å². The smallest absolute Gasteiger partial charge is 0.347 e.